The van der Waals surface area contributed by atoms with Gasteiger partial charge in [-0.25, -0.2) is 15.0 Å². The Kier molecular flexibility index (Phi) is 4.81. The number of nitrogens with zero attached hydrogens (tertiary/aromatic N) is 3. The molecule has 0 saturated carbocycles. The van der Waals surface area contributed by atoms with Crippen molar-refractivity contribution >= 4 is 17.1 Å². The first-order chi connectivity index (χ1) is 11.7. The van der Waals surface area contributed by atoms with Crippen LogP contribution in [0.2, 0.25) is 0 Å². The quantitative estimate of drug-likeness (QED) is 0.691. The van der Waals surface area contributed by atoms with Gasteiger partial charge >= 0.3 is 5.97 Å². The van der Waals surface area contributed by atoms with E-state index in [1.807, 2.05) is 0 Å². The third-order valence-corrected chi connectivity index (χ3v) is 3.46. The molecule has 0 fully saturated rings. The van der Waals surface area contributed by atoms with Crippen LogP contribution in [-0.2, 0) is 22.4 Å². The van der Waals surface area contributed by atoms with E-state index in [1.54, 1.807) is 37.4 Å². The van der Waals surface area contributed by atoms with Gasteiger partial charge in [0.1, 0.15) is 23.7 Å². The summed E-state index contributed by atoms with van der Waals surface area (Å²) in [4.78, 5) is 23.8. The molecule has 0 saturated heterocycles. The van der Waals surface area contributed by atoms with Gasteiger partial charge in [-0.3, -0.25) is 4.79 Å². The molecule has 3 aromatic rings. The lowest BCUT2D eigenvalue weighted by Gasteiger charge is -2.05. The third kappa shape index (κ3) is 3.75. The van der Waals surface area contributed by atoms with Crippen molar-refractivity contribution < 1.29 is 19.1 Å². The van der Waals surface area contributed by atoms with Gasteiger partial charge in [0.25, 0.3) is 0 Å². The van der Waals surface area contributed by atoms with Crippen LogP contribution in [0.15, 0.2) is 41.2 Å². The number of rotatable bonds is 6. The normalized spacial score (nSPS) is 12.2. The zero-order valence-corrected chi connectivity index (χ0v) is 13.2. The fraction of sp³-hybridized carbons (Fsp3) is 0.294. The Morgan fingerprint density at radius 2 is 2.21 bits per heavy atom. The van der Waals surface area contributed by atoms with E-state index in [9.17, 15) is 9.90 Å². The molecular weight excluding hydrogens is 310 g/mol. The summed E-state index contributed by atoms with van der Waals surface area (Å²) in [6.45, 7) is 2.10. The zero-order valence-electron chi connectivity index (χ0n) is 13.2. The average molecular weight is 327 g/mol. The van der Waals surface area contributed by atoms with Gasteiger partial charge in [-0.05, 0) is 25.1 Å². The first kappa shape index (κ1) is 16.1. The molecule has 7 heteroatoms. The second kappa shape index (κ2) is 7.18. The van der Waals surface area contributed by atoms with Gasteiger partial charge in [0.15, 0.2) is 5.58 Å². The molecule has 0 bridgehead atoms. The number of esters is 1. The van der Waals surface area contributed by atoms with Crippen LogP contribution in [-0.4, -0.2) is 32.6 Å². The third-order valence-electron chi connectivity index (χ3n) is 3.46. The summed E-state index contributed by atoms with van der Waals surface area (Å²) >= 11 is 0. The van der Waals surface area contributed by atoms with Gasteiger partial charge in [0, 0.05) is 24.4 Å². The molecule has 3 heterocycles. The molecule has 0 aliphatic rings. The molecular formula is C17H17N3O4. The maximum atomic E-state index is 11.5. The molecule has 0 radical (unpaired) electrons. The zero-order chi connectivity index (χ0) is 16.9. The van der Waals surface area contributed by atoms with Gasteiger partial charge in [-0.1, -0.05) is 0 Å². The van der Waals surface area contributed by atoms with Crippen LogP contribution in [0.25, 0.3) is 11.1 Å². The van der Waals surface area contributed by atoms with Gasteiger partial charge in [0.05, 0.1) is 18.7 Å². The molecule has 1 unspecified atom stereocenters. The molecule has 3 rings (SSSR count). The Bertz CT molecular complexity index is 832. The Hall–Kier alpha value is -2.80. The van der Waals surface area contributed by atoms with Crippen LogP contribution >= 0.6 is 0 Å². The fourth-order valence-corrected chi connectivity index (χ4v) is 2.35. The number of aliphatic hydroxyl groups excluding tert-OH is 1. The van der Waals surface area contributed by atoms with Crippen molar-refractivity contribution in [2.45, 2.75) is 25.9 Å². The van der Waals surface area contributed by atoms with E-state index in [4.69, 9.17) is 9.15 Å². The molecule has 1 atom stereocenters. The number of furan rings is 1. The van der Waals surface area contributed by atoms with Crippen molar-refractivity contribution in [2.24, 2.45) is 0 Å². The van der Waals surface area contributed by atoms with E-state index in [-0.39, 0.29) is 12.4 Å². The van der Waals surface area contributed by atoms with Gasteiger partial charge in [-0.15, -0.1) is 0 Å². The van der Waals surface area contributed by atoms with Crippen molar-refractivity contribution in [2.75, 3.05) is 6.61 Å². The van der Waals surface area contributed by atoms with Crippen LogP contribution in [0.4, 0.5) is 0 Å². The number of carbonyl (C=O) groups is 1. The average Bonchev–Trinajstić information content (AvgIpc) is 2.99. The number of fused-ring (bicyclic) bond motifs is 1. The Morgan fingerprint density at radius 3 is 2.96 bits per heavy atom. The van der Waals surface area contributed by atoms with Gasteiger partial charge < -0.3 is 14.3 Å². The van der Waals surface area contributed by atoms with E-state index in [0.717, 1.165) is 0 Å². The second-order valence-electron chi connectivity index (χ2n) is 5.24. The first-order valence-electron chi connectivity index (χ1n) is 7.63. The molecule has 7 nitrogen and oxygen atoms in total. The SMILES string of the molecule is CCOC(=O)Cc1ccc2oc(C(O)Cc3ccncn3)cc2n1. The lowest BCUT2D eigenvalue weighted by molar-refractivity contribution is -0.142. The lowest BCUT2D eigenvalue weighted by atomic mass is 10.1. The first-order valence-corrected chi connectivity index (χ1v) is 7.63. The summed E-state index contributed by atoms with van der Waals surface area (Å²) in [6.07, 6.45) is 2.65. The smallest absolute Gasteiger partial charge is 0.311 e. The molecule has 24 heavy (non-hydrogen) atoms. The minimum atomic E-state index is -0.831. The number of carbonyl (C=O) groups excluding carboxylic acids is 1. The molecule has 0 amide bonds. The number of pyridine rings is 1. The van der Waals surface area contributed by atoms with Crippen LogP contribution in [0.5, 0.6) is 0 Å². The largest absolute Gasteiger partial charge is 0.466 e. The maximum absolute atomic E-state index is 11.5. The Balaban J connectivity index is 1.77. The van der Waals surface area contributed by atoms with E-state index in [1.165, 1.54) is 6.33 Å². The summed E-state index contributed by atoms with van der Waals surface area (Å²) in [5.74, 6) is 0.0845. The molecule has 0 aromatic carbocycles. The number of hydrogen-bond donors (Lipinski definition) is 1. The van der Waals surface area contributed by atoms with Crippen molar-refractivity contribution in [1.82, 2.24) is 15.0 Å². The number of aliphatic hydroxyl groups is 1. The van der Waals surface area contributed by atoms with Crippen LogP contribution in [0, 0.1) is 0 Å². The number of aromatic nitrogens is 3. The summed E-state index contributed by atoms with van der Waals surface area (Å²) < 4.78 is 10.6. The van der Waals surface area contributed by atoms with Crippen LogP contribution in [0.3, 0.4) is 0 Å². The van der Waals surface area contributed by atoms with Gasteiger partial charge in [0.2, 0.25) is 0 Å². The Morgan fingerprint density at radius 1 is 1.33 bits per heavy atom. The van der Waals surface area contributed by atoms with Crippen LogP contribution in [0.1, 0.15) is 30.2 Å². The highest BCUT2D eigenvalue weighted by Gasteiger charge is 2.16. The predicted molar refractivity (Wildman–Crippen MR) is 85.0 cm³/mol. The fourth-order valence-electron chi connectivity index (χ4n) is 2.35. The predicted octanol–water partition coefficient (Wildman–Crippen LogP) is 2.00. The second-order valence-corrected chi connectivity index (χ2v) is 5.24. The summed E-state index contributed by atoms with van der Waals surface area (Å²) in [5, 5.41) is 10.3. The highest BCUT2D eigenvalue weighted by atomic mass is 16.5. The highest BCUT2D eigenvalue weighted by Crippen LogP contribution is 2.25. The van der Waals surface area contributed by atoms with Crippen molar-refractivity contribution in [1.29, 1.82) is 0 Å². The number of hydrogen-bond acceptors (Lipinski definition) is 7. The van der Waals surface area contributed by atoms with E-state index >= 15 is 0 Å². The van der Waals surface area contributed by atoms with Crippen molar-refractivity contribution in [3.63, 3.8) is 0 Å². The summed E-state index contributed by atoms with van der Waals surface area (Å²) in [6, 6.07) is 6.86. The van der Waals surface area contributed by atoms with Crippen molar-refractivity contribution in [3.8, 4) is 0 Å². The summed E-state index contributed by atoms with van der Waals surface area (Å²) in [5.41, 5.74) is 2.46. The maximum Gasteiger partial charge on any atom is 0.311 e. The minimum absolute atomic E-state index is 0.105. The molecule has 1 N–H and O–H groups in total. The topological polar surface area (TPSA) is 98.3 Å². The van der Waals surface area contributed by atoms with E-state index < -0.39 is 6.10 Å². The minimum Gasteiger partial charge on any atom is -0.466 e. The molecule has 0 aliphatic carbocycles. The lowest BCUT2D eigenvalue weighted by Crippen LogP contribution is -2.08. The Labute approximate surface area is 138 Å². The summed E-state index contributed by atoms with van der Waals surface area (Å²) in [7, 11) is 0. The van der Waals surface area contributed by atoms with Crippen molar-refractivity contribution in [3.05, 3.63) is 53.9 Å². The number of ether oxygens (including phenoxy) is 1. The van der Waals surface area contributed by atoms with E-state index in [0.29, 0.717) is 41.3 Å². The molecule has 124 valence electrons. The highest BCUT2D eigenvalue weighted by molar-refractivity contribution is 5.76. The molecule has 0 spiro atoms. The standard InChI is InChI=1S/C17H17N3O4/c1-2-23-17(22)8-12-3-4-15-13(20-12)9-16(24-15)14(21)7-11-5-6-18-10-19-11/h3-6,9-10,14,21H,2,7-8H2,1H3. The van der Waals surface area contributed by atoms with E-state index in [2.05, 4.69) is 15.0 Å². The monoisotopic (exact) mass is 327 g/mol. The molecule has 0 aliphatic heterocycles. The van der Waals surface area contributed by atoms with Crippen LogP contribution < -0.4 is 0 Å². The van der Waals surface area contributed by atoms with Gasteiger partial charge in [-0.2, -0.15) is 0 Å². The molecule has 3 aromatic heterocycles.